The summed E-state index contributed by atoms with van der Waals surface area (Å²) in [5, 5.41) is 16.4. The zero-order valence-electron chi connectivity index (χ0n) is 9.47. The Balaban J connectivity index is 2.26. The monoisotopic (exact) mass is 259 g/mol. The molecule has 94 valence electrons. The zero-order valence-corrected chi connectivity index (χ0v) is 10.3. The van der Waals surface area contributed by atoms with Crippen LogP contribution in [0.5, 0.6) is 0 Å². The predicted molar refractivity (Wildman–Crippen MR) is 64.3 cm³/mol. The van der Waals surface area contributed by atoms with Gasteiger partial charge in [-0.15, -0.1) is 0 Å². The third-order valence-corrected chi connectivity index (χ3v) is 2.66. The second kappa shape index (κ2) is 5.99. The Morgan fingerprint density at radius 3 is 2.82 bits per heavy atom. The molecule has 0 fully saturated rings. The van der Waals surface area contributed by atoms with Crippen molar-refractivity contribution in [2.24, 2.45) is 0 Å². The summed E-state index contributed by atoms with van der Waals surface area (Å²) in [6, 6.07) is -0.183. The van der Waals surface area contributed by atoms with Crippen LogP contribution >= 0.6 is 11.3 Å². The molecular weight excluding hydrogens is 246 g/mol. The standard InChI is InChI=1S/C8H13N5O3S/c1-12(2)8(14)10-4-3-9-7-11-5-6(17-7)13(15)16/h5H,3-4H2,1-2H3,(H,9,11)(H,10,14). The number of amides is 2. The highest BCUT2D eigenvalue weighted by Gasteiger charge is 2.10. The van der Waals surface area contributed by atoms with Gasteiger partial charge in [-0.05, 0) is 11.3 Å². The molecule has 1 heterocycles. The van der Waals surface area contributed by atoms with Gasteiger partial charge in [0.25, 0.3) is 0 Å². The van der Waals surface area contributed by atoms with Crippen molar-refractivity contribution >= 4 is 27.5 Å². The molecule has 0 atom stereocenters. The number of urea groups is 1. The SMILES string of the molecule is CN(C)C(=O)NCCNc1ncc([N+](=O)[O-])s1. The summed E-state index contributed by atoms with van der Waals surface area (Å²) in [4.78, 5) is 26.3. The van der Waals surface area contributed by atoms with E-state index in [1.807, 2.05) is 0 Å². The molecule has 17 heavy (non-hydrogen) atoms. The summed E-state index contributed by atoms with van der Waals surface area (Å²) >= 11 is 0.962. The maximum absolute atomic E-state index is 11.1. The Kier molecular flexibility index (Phi) is 4.64. The van der Waals surface area contributed by atoms with Crippen molar-refractivity contribution in [1.29, 1.82) is 0 Å². The van der Waals surface area contributed by atoms with E-state index < -0.39 is 4.92 Å². The smallest absolute Gasteiger partial charge is 0.345 e. The number of nitrogens with one attached hydrogen (secondary N) is 2. The van der Waals surface area contributed by atoms with E-state index in [1.165, 1.54) is 11.1 Å². The van der Waals surface area contributed by atoms with Gasteiger partial charge in [-0.1, -0.05) is 0 Å². The molecule has 0 spiro atoms. The number of thiazole rings is 1. The third kappa shape index (κ3) is 4.23. The zero-order chi connectivity index (χ0) is 12.8. The predicted octanol–water partition coefficient (Wildman–Crippen LogP) is 0.734. The number of hydrogen-bond donors (Lipinski definition) is 2. The van der Waals surface area contributed by atoms with Crippen molar-refractivity contribution in [1.82, 2.24) is 15.2 Å². The van der Waals surface area contributed by atoms with Crippen LogP contribution in [0.25, 0.3) is 0 Å². The van der Waals surface area contributed by atoms with Gasteiger partial charge in [0.1, 0.15) is 6.20 Å². The van der Waals surface area contributed by atoms with Gasteiger partial charge in [-0.2, -0.15) is 0 Å². The van der Waals surface area contributed by atoms with Crippen LogP contribution in [0.15, 0.2) is 6.20 Å². The van der Waals surface area contributed by atoms with Crippen LogP contribution in [0, 0.1) is 10.1 Å². The lowest BCUT2D eigenvalue weighted by Crippen LogP contribution is -2.37. The lowest BCUT2D eigenvalue weighted by atomic mass is 10.6. The molecule has 1 aromatic rings. The molecule has 0 radical (unpaired) electrons. The first-order valence-electron chi connectivity index (χ1n) is 4.80. The van der Waals surface area contributed by atoms with Crippen molar-refractivity contribution in [2.75, 3.05) is 32.5 Å². The Hall–Kier alpha value is -1.90. The van der Waals surface area contributed by atoms with Crippen LogP contribution in [-0.4, -0.2) is 48.0 Å². The second-order valence-corrected chi connectivity index (χ2v) is 4.32. The number of nitro groups is 1. The lowest BCUT2D eigenvalue weighted by molar-refractivity contribution is -0.380. The number of hydrogen-bond acceptors (Lipinski definition) is 6. The van der Waals surface area contributed by atoms with Crippen molar-refractivity contribution in [3.8, 4) is 0 Å². The lowest BCUT2D eigenvalue weighted by Gasteiger charge is -2.11. The molecule has 0 aliphatic rings. The van der Waals surface area contributed by atoms with Gasteiger partial charge in [-0.3, -0.25) is 10.1 Å². The molecule has 0 aromatic carbocycles. The Labute approximate surface area is 102 Å². The largest absolute Gasteiger partial charge is 0.360 e. The molecule has 1 aromatic heterocycles. The fourth-order valence-electron chi connectivity index (χ4n) is 0.929. The van der Waals surface area contributed by atoms with Crippen molar-refractivity contribution in [3.05, 3.63) is 16.3 Å². The maximum atomic E-state index is 11.1. The normalized spacial score (nSPS) is 9.76. The Bertz CT molecular complexity index is 406. The molecule has 0 aliphatic heterocycles. The molecule has 0 aliphatic carbocycles. The highest BCUT2D eigenvalue weighted by atomic mass is 32.1. The molecule has 2 amide bonds. The number of anilines is 1. The van der Waals surface area contributed by atoms with Crippen LogP contribution in [-0.2, 0) is 0 Å². The average molecular weight is 259 g/mol. The summed E-state index contributed by atoms with van der Waals surface area (Å²) in [7, 11) is 3.29. The van der Waals surface area contributed by atoms with Crippen LogP contribution < -0.4 is 10.6 Å². The van der Waals surface area contributed by atoms with Gasteiger partial charge in [0.2, 0.25) is 0 Å². The Morgan fingerprint density at radius 1 is 1.59 bits per heavy atom. The van der Waals surface area contributed by atoms with Crippen molar-refractivity contribution in [2.45, 2.75) is 0 Å². The maximum Gasteiger partial charge on any atom is 0.345 e. The van der Waals surface area contributed by atoms with Crippen LogP contribution in [0.3, 0.4) is 0 Å². The number of nitrogens with zero attached hydrogens (tertiary/aromatic N) is 3. The van der Waals surface area contributed by atoms with Gasteiger partial charge in [-0.25, -0.2) is 9.78 Å². The number of carbonyl (C=O) groups is 1. The molecule has 2 N–H and O–H groups in total. The Morgan fingerprint density at radius 2 is 2.29 bits per heavy atom. The van der Waals surface area contributed by atoms with Gasteiger partial charge >= 0.3 is 11.0 Å². The highest BCUT2D eigenvalue weighted by molar-refractivity contribution is 7.18. The molecular formula is C8H13N5O3S. The van der Waals surface area contributed by atoms with E-state index in [4.69, 9.17) is 0 Å². The van der Waals surface area contributed by atoms with E-state index in [1.54, 1.807) is 14.1 Å². The van der Waals surface area contributed by atoms with Gasteiger partial charge in [0.05, 0.1) is 4.92 Å². The molecule has 8 nitrogen and oxygen atoms in total. The summed E-state index contributed by atoms with van der Waals surface area (Å²) in [5.41, 5.74) is 0. The van der Waals surface area contributed by atoms with Gasteiger partial charge in [0.15, 0.2) is 5.13 Å². The van der Waals surface area contributed by atoms with E-state index in [9.17, 15) is 14.9 Å². The van der Waals surface area contributed by atoms with Gasteiger partial charge < -0.3 is 15.5 Å². The molecule has 0 saturated heterocycles. The quantitative estimate of drug-likeness (QED) is 0.461. The fourth-order valence-corrected chi connectivity index (χ4v) is 1.59. The first-order valence-corrected chi connectivity index (χ1v) is 5.61. The van der Waals surface area contributed by atoms with E-state index in [0.717, 1.165) is 11.3 Å². The minimum absolute atomic E-state index is 0.00942. The van der Waals surface area contributed by atoms with E-state index >= 15 is 0 Å². The third-order valence-electron chi connectivity index (χ3n) is 1.76. The van der Waals surface area contributed by atoms with Crippen LogP contribution in [0.1, 0.15) is 0 Å². The van der Waals surface area contributed by atoms with Crippen molar-refractivity contribution < 1.29 is 9.72 Å². The number of rotatable bonds is 5. The van der Waals surface area contributed by atoms with E-state index in [2.05, 4.69) is 15.6 Å². The van der Waals surface area contributed by atoms with Crippen LogP contribution in [0.4, 0.5) is 14.9 Å². The first-order chi connectivity index (χ1) is 8.00. The van der Waals surface area contributed by atoms with Crippen LogP contribution in [0.2, 0.25) is 0 Å². The van der Waals surface area contributed by atoms with E-state index in [0.29, 0.717) is 18.2 Å². The molecule has 9 heteroatoms. The number of aromatic nitrogens is 1. The molecule has 0 saturated carbocycles. The van der Waals surface area contributed by atoms with Crippen molar-refractivity contribution in [3.63, 3.8) is 0 Å². The summed E-state index contributed by atoms with van der Waals surface area (Å²) < 4.78 is 0. The highest BCUT2D eigenvalue weighted by Crippen LogP contribution is 2.24. The van der Waals surface area contributed by atoms with E-state index in [-0.39, 0.29) is 11.0 Å². The second-order valence-electron chi connectivity index (χ2n) is 3.31. The first kappa shape index (κ1) is 13.2. The minimum Gasteiger partial charge on any atom is -0.360 e. The number of carbonyl (C=O) groups excluding carboxylic acids is 1. The topological polar surface area (TPSA) is 100 Å². The van der Waals surface area contributed by atoms with Gasteiger partial charge in [0, 0.05) is 27.2 Å². The molecule has 1 rings (SSSR count). The molecule has 0 unspecified atom stereocenters. The summed E-state index contributed by atoms with van der Waals surface area (Å²) in [5.74, 6) is 0. The summed E-state index contributed by atoms with van der Waals surface area (Å²) in [6.07, 6.45) is 1.20. The average Bonchev–Trinajstić information content (AvgIpc) is 2.72. The molecule has 0 bridgehead atoms. The minimum atomic E-state index is -0.489. The summed E-state index contributed by atoms with van der Waals surface area (Å²) in [6.45, 7) is 0.884. The fraction of sp³-hybridized carbons (Fsp3) is 0.500.